The SMILES string of the molecule is COc1cc(/C=C2\SC(=O)N(CC(=O)Nc3ccc(I)cc3)C2=O)cc(Br)c1OCc1ccccc1. The van der Waals surface area contributed by atoms with Gasteiger partial charge in [0.15, 0.2) is 11.5 Å². The van der Waals surface area contributed by atoms with Gasteiger partial charge in [0.2, 0.25) is 5.91 Å². The van der Waals surface area contributed by atoms with Gasteiger partial charge in [-0.3, -0.25) is 19.3 Å². The lowest BCUT2D eigenvalue weighted by Crippen LogP contribution is -2.36. The quantitative estimate of drug-likeness (QED) is 0.222. The van der Waals surface area contributed by atoms with Crippen LogP contribution in [0.3, 0.4) is 0 Å². The molecule has 1 fully saturated rings. The first-order valence-corrected chi connectivity index (χ1v) is 13.4. The summed E-state index contributed by atoms with van der Waals surface area (Å²) < 4.78 is 13.1. The molecule has 1 N–H and O–H groups in total. The van der Waals surface area contributed by atoms with Gasteiger partial charge in [0, 0.05) is 9.26 Å². The number of hydrogen-bond donors (Lipinski definition) is 1. The van der Waals surface area contributed by atoms with Crippen molar-refractivity contribution in [3.05, 3.63) is 90.8 Å². The number of halogens is 2. The second kappa shape index (κ2) is 11.9. The number of carbonyl (C=O) groups excluding carboxylic acids is 3. The molecule has 0 aliphatic carbocycles. The molecule has 7 nitrogen and oxygen atoms in total. The summed E-state index contributed by atoms with van der Waals surface area (Å²) in [4.78, 5) is 38.9. The minimum atomic E-state index is -0.526. The molecule has 3 aromatic carbocycles. The molecular weight excluding hydrogens is 659 g/mol. The zero-order chi connectivity index (χ0) is 25.7. The average molecular weight is 679 g/mol. The van der Waals surface area contributed by atoms with Gasteiger partial charge in [-0.2, -0.15) is 0 Å². The molecule has 184 valence electrons. The van der Waals surface area contributed by atoms with E-state index < -0.39 is 17.1 Å². The van der Waals surface area contributed by atoms with Crippen molar-refractivity contribution in [3.63, 3.8) is 0 Å². The fraction of sp³-hybridized carbons (Fsp3) is 0.115. The van der Waals surface area contributed by atoms with E-state index >= 15 is 0 Å². The number of hydrogen-bond acceptors (Lipinski definition) is 6. The highest BCUT2D eigenvalue weighted by Crippen LogP contribution is 2.39. The smallest absolute Gasteiger partial charge is 0.294 e. The number of carbonyl (C=O) groups is 3. The summed E-state index contributed by atoms with van der Waals surface area (Å²) in [6.07, 6.45) is 1.59. The molecule has 3 aromatic rings. The number of benzene rings is 3. The zero-order valence-corrected chi connectivity index (χ0v) is 23.6. The van der Waals surface area contributed by atoms with E-state index in [0.29, 0.717) is 33.8 Å². The standard InChI is InChI=1S/C26H20BrIN2O5S/c1-34-21-12-17(11-20(27)24(21)35-15-16-5-3-2-4-6-16)13-22-25(32)30(26(33)36-22)14-23(31)29-19-9-7-18(28)8-10-19/h2-13H,14-15H2,1H3,(H,29,31)/b22-13-. The van der Waals surface area contributed by atoms with Crippen molar-refractivity contribution in [1.82, 2.24) is 4.90 Å². The second-order valence-electron chi connectivity index (χ2n) is 7.63. The highest BCUT2D eigenvalue weighted by atomic mass is 127. The minimum Gasteiger partial charge on any atom is -0.493 e. The molecule has 36 heavy (non-hydrogen) atoms. The average Bonchev–Trinajstić information content (AvgIpc) is 3.12. The molecule has 1 aliphatic rings. The fourth-order valence-electron chi connectivity index (χ4n) is 3.36. The monoisotopic (exact) mass is 678 g/mol. The van der Waals surface area contributed by atoms with E-state index in [1.807, 2.05) is 42.5 Å². The maximum absolute atomic E-state index is 12.9. The third kappa shape index (κ3) is 6.48. The van der Waals surface area contributed by atoms with Crippen LogP contribution in [0.25, 0.3) is 6.08 Å². The summed E-state index contributed by atoms with van der Waals surface area (Å²) in [6, 6.07) is 20.5. The van der Waals surface area contributed by atoms with E-state index in [9.17, 15) is 14.4 Å². The minimum absolute atomic E-state index is 0.217. The van der Waals surface area contributed by atoms with Gasteiger partial charge in [-0.15, -0.1) is 0 Å². The number of rotatable bonds is 8. The number of thioether (sulfide) groups is 1. The van der Waals surface area contributed by atoms with Crippen LogP contribution in [0.15, 0.2) is 76.1 Å². The van der Waals surface area contributed by atoms with Crippen molar-refractivity contribution in [2.45, 2.75) is 6.61 Å². The molecule has 1 saturated heterocycles. The maximum atomic E-state index is 12.9. The number of imide groups is 1. The summed E-state index contributed by atoms with van der Waals surface area (Å²) in [6.45, 7) is -0.00835. The Morgan fingerprint density at radius 3 is 2.53 bits per heavy atom. The van der Waals surface area contributed by atoms with Gasteiger partial charge in [0.25, 0.3) is 11.1 Å². The highest BCUT2D eigenvalue weighted by molar-refractivity contribution is 14.1. The normalized spacial score (nSPS) is 14.3. The van der Waals surface area contributed by atoms with Crippen molar-refractivity contribution in [1.29, 1.82) is 0 Å². The summed E-state index contributed by atoms with van der Waals surface area (Å²) in [5.74, 6) is 0.0212. The van der Waals surface area contributed by atoms with Crippen LogP contribution in [-0.2, 0) is 16.2 Å². The Morgan fingerprint density at radius 2 is 1.83 bits per heavy atom. The molecule has 4 rings (SSSR count). The van der Waals surface area contributed by atoms with Crippen molar-refractivity contribution < 1.29 is 23.9 Å². The first-order chi connectivity index (χ1) is 17.3. The number of nitrogens with zero attached hydrogens (tertiary/aromatic N) is 1. The van der Waals surface area contributed by atoms with Crippen LogP contribution >= 0.6 is 50.3 Å². The van der Waals surface area contributed by atoms with Crippen molar-refractivity contribution >= 4 is 79.1 Å². The van der Waals surface area contributed by atoms with E-state index in [1.165, 1.54) is 7.11 Å². The van der Waals surface area contributed by atoms with Crippen LogP contribution in [0.5, 0.6) is 11.5 Å². The van der Waals surface area contributed by atoms with Gasteiger partial charge in [-0.1, -0.05) is 30.3 Å². The van der Waals surface area contributed by atoms with Crippen LogP contribution in [0.1, 0.15) is 11.1 Å². The van der Waals surface area contributed by atoms with E-state index in [2.05, 4.69) is 43.8 Å². The Balaban J connectivity index is 1.46. The third-order valence-electron chi connectivity index (χ3n) is 5.08. The van der Waals surface area contributed by atoms with Crippen LogP contribution in [0, 0.1) is 3.57 Å². The van der Waals surface area contributed by atoms with Crippen LogP contribution < -0.4 is 14.8 Å². The molecule has 0 bridgehead atoms. The third-order valence-corrected chi connectivity index (χ3v) is 7.29. The van der Waals surface area contributed by atoms with E-state index in [4.69, 9.17) is 9.47 Å². The number of ether oxygens (including phenoxy) is 2. The number of nitrogens with one attached hydrogen (secondary N) is 1. The number of anilines is 1. The van der Waals surface area contributed by atoms with Crippen molar-refractivity contribution in [2.24, 2.45) is 0 Å². The van der Waals surface area contributed by atoms with Gasteiger partial charge in [0.05, 0.1) is 16.5 Å². The van der Waals surface area contributed by atoms with E-state index in [0.717, 1.165) is 25.8 Å². The lowest BCUT2D eigenvalue weighted by molar-refractivity contribution is -0.127. The molecule has 1 heterocycles. The number of amides is 3. The molecule has 0 unspecified atom stereocenters. The maximum Gasteiger partial charge on any atom is 0.294 e. The van der Waals surface area contributed by atoms with Gasteiger partial charge in [-0.25, -0.2) is 0 Å². The molecule has 0 radical (unpaired) electrons. The highest BCUT2D eigenvalue weighted by Gasteiger charge is 2.36. The predicted octanol–water partition coefficient (Wildman–Crippen LogP) is 6.32. The Labute approximate surface area is 234 Å². The van der Waals surface area contributed by atoms with Gasteiger partial charge >= 0.3 is 0 Å². The molecule has 0 spiro atoms. The second-order valence-corrected chi connectivity index (χ2v) is 10.7. The Bertz CT molecular complexity index is 1330. The molecule has 1 aliphatic heterocycles. The topological polar surface area (TPSA) is 84.9 Å². The Morgan fingerprint density at radius 1 is 1.11 bits per heavy atom. The van der Waals surface area contributed by atoms with E-state index in [1.54, 1.807) is 30.3 Å². The zero-order valence-electron chi connectivity index (χ0n) is 19.0. The summed E-state index contributed by atoms with van der Waals surface area (Å²) >= 11 is 6.46. The summed E-state index contributed by atoms with van der Waals surface area (Å²) in [5.41, 5.74) is 2.24. The van der Waals surface area contributed by atoms with Crippen LogP contribution in [-0.4, -0.2) is 35.6 Å². The first kappa shape index (κ1) is 26.2. The Hall–Kier alpha value is -2.83. The number of methoxy groups -OCH3 is 1. The lowest BCUT2D eigenvalue weighted by Gasteiger charge is -2.14. The molecule has 10 heteroatoms. The molecular formula is C26H20BrIN2O5S. The largest absolute Gasteiger partial charge is 0.493 e. The molecule has 3 amide bonds. The fourth-order valence-corrected chi connectivity index (χ4v) is 5.13. The summed E-state index contributed by atoms with van der Waals surface area (Å²) in [5, 5.41) is 2.20. The molecule has 0 aromatic heterocycles. The van der Waals surface area contributed by atoms with Gasteiger partial charge in [-0.05, 0) is 104 Å². The molecule has 0 saturated carbocycles. The van der Waals surface area contributed by atoms with E-state index in [-0.39, 0.29) is 11.4 Å². The van der Waals surface area contributed by atoms with Crippen molar-refractivity contribution in [3.8, 4) is 11.5 Å². The Kier molecular flexibility index (Phi) is 8.70. The predicted molar refractivity (Wildman–Crippen MR) is 152 cm³/mol. The van der Waals surface area contributed by atoms with Crippen LogP contribution in [0.2, 0.25) is 0 Å². The van der Waals surface area contributed by atoms with Gasteiger partial charge < -0.3 is 14.8 Å². The summed E-state index contributed by atoms with van der Waals surface area (Å²) in [7, 11) is 1.53. The lowest BCUT2D eigenvalue weighted by atomic mass is 10.1. The van der Waals surface area contributed by atoms with Crippen LogP contribution in [0.4, 0.5) is 10.5 Å². The molecule has 0 atom stereocenters. The van der Waals surface area contributed by atoms with Gasteiger partial charge in [0.1, 0.15) is 13.2 Å². The van der Waals surface area contributed by atoms with Crippen molar-refractivity contribution in [2.75, 3.05) is 19.0 Å². The first-order valence-electron chi connectivity index (χ1n) is 10.7.